The van der Waals surface area contributed by atoms with Crippen LogP contribution in [0.5, 0.6) is 0 Å². The average Bonchev–Trinajstić information content (AvgIpc) is 3.50. The predicted octanol–water partition coefficient (Wildman–Crippen LogP) is 7.78. The molecule has 1 fully saturated rings. The van der Waals surface area contributed by atoms with Crippen molar-refractivity contribution in [2.45, 2.75) is 78.1 Å². The van der Waals surface area contributed by atoms with Crippen molar-refractivity contribution in [1.29, 1.82) is 5.26 Å². The van der Waals surface area contributed by atoms with Crippen molar-refractivity contribution < 1.29 is 4.79 Å². The van der Waals surface area contributed by atoms with E-state index in [0.29, 0.717) is 17.9 Å². The molecule has 1 saturated heterocycles. The molecule has 39 heavy (non-hydrogen) atoms. The van der Waals surface area contributed by atoms with E-state index in [1.54, 1.807) is 0 Å². The lowest BCUT2D eigenvalue weighted by Crippen LogP contribution is -2.19. The summed E-state index contributed by atoms with van der Waals surface area (Å²) in [5, 5.41) is 9.07. The third-order valence-electron chi connectivity index (χ3n) is 8.41. The maximum absolute atomic E-state index is 13.4. The first-order chi connectivity index (χ1) is 19.0. The molecule has 0 saturated carbocycles. The van der Waals surface area contributed by atoms with Crippen LogP contribution in [0.3, 0.4) is 0 Å². The molecule has 3 heterocycles. The first-order valence-corrected chi connectivity index (χ1v) is 14.4. The zero-order chi connectivity index (χ0) is 27.4. The Kier molecular flexibility index (Phi) is 8.21. The maximum atomic E-state index is 13.4. The van der Waals surface area contributed by atoms with Crippen LogP contribution in [0.4, 0.5) is 11.5 Å². The monoisotopic (exact) mass is 518 g/mol. The summed E-state index contributed by atoms with van der Waals surface area (Å²) in [7, 11) is 0. The third-order valence-corrected chi connectivity index (χ3v) is 8.41. The Morgan fingerprint density at radius 2 is 1.82 bits per heavy atom. The van der Waals surface area contributed by atoms with Crippen molar-refractivity contribution in [2.24, 2.45) is 4.99 Å². The topological polar surface area (TPSA) is 69.3 Å². The molecule has 5 rings (SSSR count). The molecule has 2 aromatic carbocycles. The Morgan fingerprint density at radius 1 is 1.05 bits per heavy atom. The fourth-order valence-corrected chi connectivity index (χ4v) is 6.07. The number of benzene rings is 2. The van der Waals surface area contributed by atoms with E-state index in [9.17, 15) is 4.79 Å². The summed E-state index contributed by atoms with van der Waals surface area (Å²) in [4.78, 5) is 25.6. The predicted molar refractivity (Wildman–Crippen MR) is 158 cm³/mol. The SMILES string of the molecule is CCC(CCCC(=O)c1cc(C2=Nc3cc(N4CCCC4)ncc3CC2)c(C)cc1C)c1ccc(C#N)cc1. The number of aryl methyl sites for hydroxylation is 3. The molecular formula is C34H38N4O. The van der Waals surface area contributed by atoms with Gasteiger partial charge in [0.25, 0.3) is 0 Å². The fourth-order valence-electron chi connectivity index (χ4n) is 6.07. The van der Waals surface area contributed by atoms with Crippen LogP contribution in [0.15, 0.2) is 53.7 Å². The van der Waals surface area contributed by atoms with Crippen LogP contribution >= 0.6 is 0 Å². The van der Waals surface area contributed by atoms with E-state index in [2.05, 4.69) is 55.1 Å². The second-order valence-electron chi connectivity index (χ2n) is 11.1. The quantitative estimate of drug-likeness (QED) is 0.271. The van der Waals surface area contributed by atoms with Gasteiger partial charge in [0.1, 0.15) is 5.82 Å². The van der Waals surface area contributed by atoms with Crippen LogP contribution in [0.1, 0.15) is 102 Å². The number of aromatic nitrogens is 1. The molecule has 200 valence electrons. The first kappa shape index (κ1) is 26.8. The third kappa shape index (κ3) is 5.96. The molecule has 2 aliphatic heterocycles. The Bertz CT molecular complexity index is 1420. The summed E-state index contributed by atoms with van der Waals surface area (Å²) in [5.41, 5.74) is 9.36. The minimum atomic E-state index is 0.209. The Labute approximate surface area is 232 Å². The van der Waals surface area contributed by atoms with Crippen LogP contribution in [0.25, 0.3) is 0 Å². The minimum absolute atomic E-state index is 0.209. The molecule has 5 nitrogen and oxygen atoms in total. The normalized spacial score (nSPS) is 15.4. The second kappa shape index (κ2) is 11.9. The molecular weight excluding hydrogens is 480 g/mol. The number of carbonyl (C=O) groups excluding carboxylic acids is 1. The second-order valence-corrected chi connectivity index (χ2v) is 11.1. The summed E-state index contributed by atoms with van der Waals surface area (Å²) in [5.74, 6) is 1.64. The van der Waals surface area contributed by atoms with Gasteiger partial charge in [-0.05, 0) is 111 Å². The lowest BCUT2D eigenvalue weighted by molar-refractivity contribution is 0.0978. The van der Waals surface area contributed by atoms with Crippen LogP contribution in [0.2, 0.25) is 0 Å². The van der Waals surface area contributed by atoms with Crippen molar-refractivity contribution in [3.63, 3.8) is 0 Å². The van der Waals surface area contributed by atoms with E-state index >= 15 is 0 Å². The van der Waals surface area contributed by atoms with Gasteiger partial charge in [-0.25, -0.2) is 4.98 Å². The van der Waals surface area contributed by atoms with E-state index in [1.165, 1.54) is 29.5 Å². The van der Waals surface area contributed by atoms with Crippen molar-refractivity contribution in [3.8, 4) is 6.07 Å². The van der Waals surface area contributed by atoms with Crippen LogP contribution < -0.4 is 4.90 Å². The highest BCUT2D eigenvalue weighted by atomic mass is 16.1. The number of hydrogen-bond donors (Lipinski definition) is 0. The standard InChI is InChI=1S/C34H38N4O/c1-4-26(27-12-10-25(21-35)11-13-27)8-7-9-33(39)30-19-29(23(2)18-24(30)3)31-15-14-28-22-36-34(20-32(28)37-31)38-16-5-6-17-38/h10-13,18-20,22,26H,4-9,14-17H2,1-3H3. The van der Waals surface area contributed by atoms with Crippen molar-refractivity contribution in [2.75, 3.05) is 18.0 Å². The van der Waals surface area contributed by atoms with Gasteiger partial charge in [-0.3, -0.25) is 9.79 Å². The van der Waals surface area contributed by atoms with Crippen LogP contribution in [0, 0.1) is 25.2 Å². The molecule has 3 aromatic rings. The molecule has 0 aliphatic carbocycles. The van der Waals surface area contributed by atoms with Crippen molar-refractivity contribution in [3.05, 3.63) is 87.6 Å². The molecule has 0 amide bonds. The van der Waals surface area contributed by atoms with E-state index in [4.69, 9.17) is 15.2 Å². The molecule has 0 bridgehead atoms. The van der Waals surface area contributed by atoms with Crippen molar-refractivity contribution >= 4 is 23.0 Å². The Hall–Kier alpha value is -3.78. The highest BCUT2D eigenvalue weighted by Crippen LogP contribution is 2.33. The summed E-state index contributed by atoms with van der Waals surface area (Å²) < 4.78 is 0. The number of pyridine rings is 1. The Morgan fingerprint density at radius 3 is 2.54 bits per heavy atom. The number of Topliss-reactive ketones (excluding diaryl/α,β-unsaturated/α-hetero) is 1. The summed E-state index contributed by atoms with van der Waals surface area (Å²) in [6.07, 6.45) is 9.59. The highest BCUT2D eigenvalue weighted by Gasteiger charge is 2.21. The van der Waals surface area contributed by atoms with Gasteiger partial charge in [0.15, 0.2) is 5.78 Å². The van der Waals surface area contributed by atoms with E-state index < -0.39 is 0 Å². The van der Waals surface area contributed by atoms with Gasteiger partial charge in [-0.1, -0.05) is 25.1 Å². The summed E-state index contributed by atoms with van der Waals surface area (Å²) in [6.45, 7) is 8.49. The van der Waals surface area contributed by atoms with E-state index in [1.807, 2.05) is 25.3 Å². The minimum Gasteiger partial charge on any atom is -0.357 e. The summed E-state index contributed by atoms with van der Waals surface area (Å²) >= 11 is 0. The van der Waals surface area contributed by atoms with Gasteiger partial charge < -0.3 is 4.90 Å². The lowest BCUT2D eigenvalue weighted by atomic mass is 9.88. The van der Waals surface area contributed by atoms with Crippen molar-refractivity contribution in [1.82, 2.24) is 4.98 Å². The molecule has 0 spiro atoms. The number of nitriles is 1. The van der Waals surface area contributed by atoms with Gasteiger partial charge >= 0.3 is 0 Å². The van der Waals surface area contributed by atoms with E-state index in [0.717, 1.165) is 79.1 Å². The number of aliphatic imine (C=N–C) groups is 1. The van der Waals surface area contributed by atoms with E-state index in [-0.39, 0.29) is 5.78 Å². The highest BCUT2D eigenvalue weighted by molar-refractivity contribution is 6.07. The zero-order valence-corrected chi connectivity index (χ0v) is 23.5. The smallest absolute Gasteiger partial charge is 0.163 e. The molecule has 1 unspecified atom stereocenters. The number of hydrogen-bond acceptors (Lipinski definition) is 5. The maximum Gasteiger partial charge on any atom is 0.163 e. The molecule has 0 radical (unpaired) electrons. The lowest BCUT2D eigenvalue weighted by Gasteiger charge is -2.21. The summed E-state index contributed by atoms with van der Waals surface area (Å²) in [6, 6.07) is 16.5. The number of ketones is 1. The van der Waals surface area contributed by atoms with Gasteiger partial charge in [0.2, 0.25) is 0 Å². The fraction of sp³-hybridized carbons (Fsp3) is 0.412. The average molecular weight is 519 g/mol. The van der Waals surface area contributed by atoms with Gasteiger partial charge in [0.05, 0.1) is 17.3 Å². The largest absolute Gasteiger partial charge is 0.357 e. The zero-order valence-electron chi connectivity index (χ0n) is 23.5. The molecule has 0 N–H and O–H groups in total. The Balaban J connectivity index is 1.31. The molecule has 2 aliphatic rings. The van der Waals surface area contributed by atoms with Crippen LogP contribution in [-0.4, -0.2) is 29.6 Å². The number of anilines is 1. The van der Waals surface area contributed by atoms with Gasteiger partial charge in [0, 0.05) is 43.0 Å². The number of rotatable bonds is 9. The van der Waals surface area contributed by atoms with Gasteiger partial charge in [-0.15, -0.1) is 0 Å². The molecule has 5 heteroatoms. The van der Waals surface area contributed by atoms with Crippen LogP contribution in [-0.2, 0) is 6.42 Å². The molecule has 1 aromatic heterocycles. The molecule has 1 atom stereocenters. The first-order valence-electron chi connectivity index (χ1n) is 14.4. The number of carbonyl (C=O) groups is 1. The number of nitrogens with zero attached hydrogens (tertiary/aromatic N) is 4. The number of fused-ring (bicyclic) bond motifs is 1. The van der Waals surface area contributed by atoms with Gasteiger partial charge in [-0.2, -0.15) is 5.26 Å².